The van der Waals surface area contributed by atoms with Crippen LogP contribution in [-0.4, -0.2) is 42.8 Å². The van der Waals surface area contributed by atoms with E-state index in [1.807, 2.05) is 78.3 Å². The average molecular weight is 589 g/mol. The van der Waals surface area contributed by atoms with Crippen LogP contribution in [0, 0.1) is 5.92 Å². The minimum absolute atomic E-state index is 0.0514. The number of nitrogens with zero attached hydrogens (tertiary/aromatic N) is 4. The lowest BCUT2D eigenvalue weighted by molar-refractivity contribution is -0.0492. The molecule has 6 rings (SSSR count). The number of rotatable bonds is 10. The van der Waals surface area contributed by atoms with Gasteiger partial charge in [-0.15, -0.1) is 0 Å². The van der Waals surface area contributed by atoms with Crippen LogP contribution in [0.2, 0.25) is 0 Å². The number of aromatic nitrogens is 2. The van der Waals surface area contributed by atoms with E-state index in [0.29, 0.717) is 26.1 Å². The van der Waals surface area contributed by atoms with Crippen LogP contribution in [0.3, 0.4) is 0 Å². The molecule has 1 N–H and O–H groups in total. The number of para-hydroxylation sites is 2. The lowest BCUT2D eigenvalue weighted by atomic mass is 9.83. The third kappa shape index (κ3) is 6.19. The Balaban J connectivity index is 1.45. The van der Waals surface area contributed by atoms with Crippen LogP contribution in [0.4, 0.5) is 4.79 Å². The number of fused-ring (bicyclic) bond motifs is 1. The van der Waals surface area contributed by atoms with Gasteiger partial charge < -0.3 is 5.11 Å². The van der Waals surface area contributed by atoms with E-state index in [1.54, 1.807) is 9.47 Å². The van der Waals surface area contributed by atoms with E-state index in [9.17, 15) is 14.7 Å². The van der Waals surface area contributed by atoms with Crippen molar-refractivity contribution in [2.24, 2.45) is 13.0 Å². The molecule has 0 aliphatic carbocycles. The highest BCUT2D eigenvalue weighted by Crippen LogP contribution is 2.40. The van der Waals surface area contributed by atoms with E-state index in [2.05, 4.69) is 53.4 Å². The van der Waals surface area contributed by atoms with E-state index in [4.69, 9.17) is 0 Å². The molecule has 0 spiro atoms. The normalized spacial score (nSPS) is 18.6. The molecular formula is C37H40N4O3. The van der Waals surface area contributed by atoms with Gasteiger partial charge in [0, 0.05) is 38.6 Å². The molecule has 1 unspecified atom stereocenters. The number of hydrogen-bond donors (Lipinski definition) is 1. The maximum atomic E-state index is 13.9. The molecular weight excluding hydrogens is 548 g/mol. The first kappa shape index (κ1) is 29.5. The van der Waals surface area contributed by atoms with Gasteiger partial charge in [-0.25, -0.2) is 9.59 Å². The monoisotopic (exact) mass is 588 g/mol. The molecule has 226 valence electrons. The van der Waals surface area contributed by atoms with Gasteiger partial charge in [0.15, 0.2) is 0 Å². The maximum Gasteiger partial charge on any atom is 0.408 e. The molecule has 4 aromatic carbocycles. The van der Waals surface area contributed by atoms with Crippen LogP contribution in [0.25, 0.3) is 11.0 Å². The van der Waals surface area contributed by atoms with Crippen LogP contribution in [0.15, 0.2) is 120 Å². The van der Waals surface area contributed by atoms with Gasteiger partial charge >= 0.3 is 11.8 Å². The Labute approximate surface area is 258 Å². The van der Waals surface area contributed by atoms with Crippen LogP contribution < -0.4 is 5.69 Å². The summed E-state index contributed by atoms with van der Waals surface area (Å²) in [6, 6.07) is 38.7. The number of piperidine rings is 1. The molecule has 2 heterocycles. The van der Waals surface area contributed by atoms with Gasteiger partial charge in [0.1, 0.15) is 0 Å². The third-order valence-corrected chi connectivity index (χ3v) is 9.11. The van der Waals surface area contributed by atoms with E-state index in [1.165, 1.54) is 5.56 Å². The van der Waals surface area contributed by atoms with Crippen molar-refractivity contribution in [3.8, 4) is 0 Å². The molecule has 0 bridgehead atoms. The molecule has 0 radical (unpaired) electrons. The fourth-order valence-electron chi connectivity index (χ4n) is 7.09. The molecule has 1 fully saturated rings. The zero-order valence-electron chi connectivity index (χ0n) is 25.2. The highest BCUT2D eigenvalue weighted by atomic mass is 16.4. The standard InChI is InChI=1S/C37H40N4O3/c1-38-33-22-11-12-23-34(33)41(36(38)42)32-24-25-40(37(43)44)35(31(32)21-13-20-28-14-5-2-6-15-28)39(26-29-16-7-3-8-17-29)27-30-18-9-4-10-19-30/h2-12,14-19,22-23,31-32,35H,13,20-21,24-27H2,1H3,(H,43,44)/t31?,32-,35-/m0/s1. The Morgan fingerprint density at radius 1 is 0.773 bits per heavy atom. The van der Waals surface area contributed by atoms with Crippen LogP contribution in [-0.2, 0) is 26.6 Å². The molecule has 5 aromatic rings. The van der Waals surface area contributed by atoms with Gasteiger partial charge in [0.05, 0.1) is 17.2 Å². The van der Waals surface area contributed by atoms with E-state index < -0.39 is 12.3 Å². The first-order valence-electron chi connectivity index (χ1n) is 15.5. The van der Waals surface area contributed by atoms with Gasteiger partial charge in [0.2, 0.25) is 0 Å². The van der Waals surface area contributed by atoms with Crippen molar-refractivity contribution in [2.75, 3.05) is 6.54 Å². The molecule has 3 atom stereocenters. The van der Waals surface area contributed by atoms with Gasteiger partial charge in [0.25, 0.3) is 0 Å². The van der Waals surface area contributed by atoms with Crippen molar-refractivity contribution in [3.63, 3.8) is 0 Å². The third-order valence-electron chi connectivity index (χ3n) is 9.11. The summed E-state index contributed by atoms with van der Waals surface area (Å²) >= 11 is 0. The van der Waals surface area contributed by atoms with Gasteiger partial charge in [-0.05, 0) is 54.5 Å². The number of hydrogen-bond acceptors (Lipinski definition) is 3. The van der Waals surface area contributed by atoms with E-state index in [0.717, 1.165) is 41.4 Å². The first-order chi connectivity index (χ1) is 21.5. The van der Waals surface area contributed by atoms with Crippen molar-refractivity contribution < 1.29 is 9.90 Å². The van der Waals surface area contributed by atoms with Crippen molar-refractivity contribution in [1.29, 1.82) is 0 Å². The van der Waals surface area contributed by atoms with Gasteiger partial charge in [-0.1, -0.05) is 103 Å². The number of likely N-dealkylation sites (tertiary alicyclic amines) is 1. The zero-order valence-corrected chi connectivity index (χ0v) is 25.2. The Morgan fingerprint density at radius 3 is 1.86 bits per heavy atom. The van der Waals surface area contributed by atoms with Crippen LogP contribution >= 0.6 is 0 Å². The second-order valence-corrected chi connectivity index (χ2v) is 11.9. The van der Waals surface area contributed by atoms with Crippen molar-refractivity contribution in [2.45, 2.75) is 51.0 Å². The van der Waals surface area contributed by atoms with Crippen LogP contribution in [0.5, 0.6) is 0 Å². The van der Waals surface area contributed by atoms with E-state index >= 15 is 0 Å². The number of imidazole rings is 1. The quantitative estimate of drug-likeness (QED) is 0.192. The van der Waals surface area contributed by atoms with Crippen LogP contribution in [0.1, 0.15) is 42.0 Å². The average Bonchev–Trinajstić information content (AvgIpc) is 3.31. The molecule has 0 saturated carbocycles. The fourth-order valence-corrected chi connectivity index (χ4v) is 7.09. The predicted molar refractivity (Wildman–Crippen MR) is 174 cm³/mol. The SMILES string of the molecule is Cn1c(=O)n([C@H]2CCN(C(=O)O)[C@H](N(Cc3ccccc3)Cc3ccccc3)C2CCCc2ccccc2)c2ccccc21. The highest BCUT2D eigenvalue weighted by molar-refractivity contribution is 5.76. The Kier molecular flexibility index (Phi) is 8.94. The largest absolute Gasteiger partial charge is 0.465 e. The Morgan fingerprint density at radius 2 is 1.30 bits per heavy atom. The summed E-state index contributed by atoms with van der Waals surface area (Å²) in [5, 5.41) is 10.6. The lowest BCUT2D eigenvalue weighted by Crippen LogP contribution is -2.59. The van der Waals surface area contributed by atoms with Crippen molar-refractivity contribution in [3.05, 3.63) is 142 Å². The summed E-state index contributed by atoms with van der Waals surface area (Å²) < 4.78 is 3.68. The molecule has 1 amide bonds. The topological polar surface area (TPSA) is 70.7 Å². The van der Waals surface area contributed by atoms with Crippen molar-refractivity contribution in [1.82, 2.24) is 18.9 Å². The van der Waals surface area contributed by atoms with Gasteiger partial charge in [-0.2, -0.15) is 0 Å². The molecule has 1 aromatic heterocycles. The molecule has 1 saturated heterocycles. The Hall–Kier alpha value is -4.62. The minimum atomic E-state index is -0.919. The number of amides is 1. The Bertz CT molecular complexity index is 1690. The minimum Gasteiger partial charge on any atom is -0.465 e. The summed E-state index contributed by atoms with van der Waals surface area (Å²) in [6.45, 7) is 1.54. The summed E-state index contributed by atoms with van der Waals surface area (Å²) in [6.07, 6.45) is 1.80. The molecule has 1 aliphatic heterocycles. The number of benzene rings is 4. The smallest absolute Gasteiger partial charge is 0.408 e. The first-order valence-corrected chi connectivity index (χ1v) is 15.5. The number of carbonyl (C=O) groups is 1. The van der Waals surface area contributed by atoms with E-state index in [-0.39, 0.29) is 17.6 Å². The zero-order chi connectivity index (χ0) is 30.5. The van der Waals surface area contributed by atoms with Gasteiger partial charge in [-0.3, -0.25) is 18.9 Å². The maximum absolute atomic E-state index is 13.9. The fraction of sp³-hybridized carbons (Fsp3) is 0.297. The number of carboxylic acid groups (broad SMARTS) is 1. The summed E-state index contributed by atoms with van der Waals surface area (Å²) in [7, 11) is 1.83. The number of aryl methyl sites for hydroxylation is 2. The molecule has 44 heavy (non-hydrogen) atoms. The van der Waals surface area contributed by atoms with Crippen molar-refractivity contribution >= 4 is 17.1 Å². The molecule has 7 heteroatoms. The lowest BCUT2D eigenvalue weighted by Gasteiger charge is -2.49. The summed E-state index contributed by atoms with van der Waals surface area (Å²) in [5.41, 5.74) is 5.26. The molecule has 7 nitrogen and oxygen atoms in total. The second-order valence-electron chi connectivity index (χ2n) is 11.9. The highest BCUT2D eigenvalue weighted by Gasteiger charge is 2.44. The predicted octanol–water partition coefficient (Wildman–Crippen LogP) is 6.93. The summed E-state index contributed by atoms with van der Waals surface area (Å²) in [5.74, 6) is -0.112. The summed E-state index contributed by atoms with van der Waals surface area (Å²) in [4.78, 5) is 30.8. The second kappa shape index (κ2) is 13.3. The molecule has 1 aliphatic rings.